The molecule has 0 spiro atoms. The van der Waals surface area contributed by atoms with Crippen molar-refractivity contribution in [2.24, 2.45) is 0 Å². The third-order valence-corrected chi connectivity index (χ3v) is 4.81. The van der Waals surface area contributed by atoms with Crippen LogP contribution in [0.3, 0.4) is 0 Å². The predicted octanol–water partition coefficient (Wildman–Crippen LogP) is 3.43. The summed E-state index contributed by atoms with van der Waals surface area (Å²) in [5.74, 6) is -1.12. The largest absolute Gasteiger partial charge is 0.504 e. The standard InChI is InChI=1S/C18H17O8P/c1-2-25-27(22,23)10-24-18-16(21)12-5-3-4-6-15(12)26-17(18)11-7-8-13(19)14(20)9-11/h3-9,19-20H,2,10H2,1H3,(H,22,23). The second-order valence-corrected chi connectivity index (χ2v) is 7.41. The molecule has 2 aromatic carbocycles. The van der Waals surface area contributed by atoms with E-state index in [4.69, 9.17) is 13.7 Å². The van der Waals surface area contributed by atoms with Crippen LogP contribution in [0.5, 0.6) is 17.2 Å². The molecule has 0 aliphatic carbocycles. The lowest BCUT2D eigenvalue weighted by Crippen LogP contribution is -2.12. The minimum atomic E-state index is -4.06. The first kappa shape index (κ1) is 19.0. The van der Waals surface area contributed by atoms with Gasteiger partial charge in [-0.3, -0.25) is 9.36 Å². The van der Waals surface area contributed by atoms with Gasteiger partial charge in [0, 0.05) is 5.56 Å². The number of hydrogen-bond acceptors (Lipinski definition) is 7. The highest BCUT2D eigenvalue weighted by Gasteiger charge is 2.24. The molecule has 0 bridgehead atoms. The van der Waals surface area contributed by atoms with Gasteiger partial charge in [-0.1, -0.05) is 12.1 Å². The van der Waals surface area contributed by atoms with E-state index in [1.54, 1.807) is 25.1 Å². The highest BCUT2D eigenvalue weighted by molar-refractivity contribution is 7.52. The molecular formula is C18H17O8P. The van der Waals surface area contributed by atoms with Crippen molar-refractivity contribution < 1.29 is 33.3 Å². The Balaban J connectivity index is 2.16. The summed E-state index contributed by atoms with van der Waals surface area (Å²) in [4.78, 5) is 22.6. The fraction of sp³-hybridized carbons (Fsp3) is 0.167. The second-order valence-electron chi connectivity index (χ2n) is 5.62. The molecule has 1 heterocycles. The van der Waals surface area contributed by atoms with Gasteiger partial charge in [-0.05, 0) is 37.3 Å². The normalized spacial score (nSPS) is 13.4. The van der Waals surface area contributed by atoms with Crippen LogP contribution in [0.4, 0.5) is 0 Å². The van der Waals surface area contributed by atoms with Gasteiger partial charge >= 0.3 is 7.60 Å². The summed E-state index contributed by atoms with van der Waals surface area (Å²) >= 11 is 0. The quantitative estimate of drug-likeness (QED) is 0.430. The molecule has 3 aromatic rings. The van der Waals surface area contributed by atoms with E-state index in [0.717, 1.165) is 0 Å². The summed E-state index contributed by atoms with van der Waals surface area (Å²) in [5.41, 5.74) is -0.0300. The van der Waals surface area contributed by atoms with Crippen LogP contribution in [-0.2, 0) is 9.09 Å². The number of phenolic OH excluding ortho intramolecular Hbond substituents is 2. The zero-order chi connectivity index (χ0) is 19.6. The van der Waals surface area contributed by atoms with Gasteiger partial charge in [0.2, 0.25) is 11.2 Å². The van der Waals surface area contributed by atoms with Crippen molar-refractivity contribution in [3.8, 4) is 28.6 Å². The first-order valence-electron chi connectivity index (χ1n) is 7.99. The van der Waals surface area contributed by atoms with Crippen molar-refractivity contribution in [1.29, 1.82) is 0 Å². The molecule has 0 fully saturated rings. The van der Waals surface area contributed by atoms with Crippen LogP contribution in [0.15, 0.2) is 51.7 Å². The van der Waals surface area contributed by atoms with E-state index in [1.165, 1.54) is 24.3 Å². The lowest BCUT2D eigenvalue weighted by Gasteiger charge is -2.14. The molecule has 9 heteroatoms. The summed E-state index contributed by atoms with van der Waals surface area (Å²) in [6.45, 7) is 1.56. The minimum Gasteiger partial charge on any atom is -0.504 e. The van der Waals surface area contributed by atoms with Crippen LogP contribution in [0.1, 0.15) is 6.92 Å². The van der Waals surface area contributed by atoms with E-state index >= 15 is 0 Å². The van der Waals surface area contributed by atoms with Gasteiger partial charge in [0.15, 0.2) is 23.6 Å². The number of benzene rings is 2. The van der Waals surface area contributed by atoms with Crippen molar-refractivity contribution in [2.75, 3.05) is 13.0 Å². The average molecular weight is 392 g/mol. The Kier molecular flexibility index (Phi) is 5.23. The smallest absolute Gasteiger partial charge is 0.365 e. The van der Waals surface area contributed by atoms with Crippen LogP contribution in [-0.4, -0.2) is 28.1 Å². The van der Waals surface area contributed by atoms with Crippen LogP contribution in [0.2, 0.25) is 0 Å². The van der Waals surface area contributed by atoms with Crippen molar-refractivity contribution in [1.82, 2.24) is 0 Å². The van der Waals surface area contributed by atoms with Crippen molar-refractivity contribution in [3.05, 3.63) is 52.7 Å². The monoisotopic (exact) mass is 392 g/mol. The summed E-state index contributed by atoms with van der Waals surface area (Å²) in [7, 11) is -4.06. The average Bonchev–Trinajstić information content (AvgIpc) is 2.63. The third-order valence-electron chi connectivity index (χ3n) is 3.70. The van der Waals surface area contributed by atoms with E-state index in [2.05, 4.69) is 0 Å². The molecular weight excluding hydrogens is 375 g/mol. The van der Waals surface area contributed by atoms with Crippen molar-refractivity contribution >= 4 is 18.6 Å². The van der Waals surface area contributed by atoms with Gasteiger partial charge in [0.1, 0.15) is 5.58 Å². The lowest BCUT2D eigenvalue weighted by molar-refractivity contribution is 0.239. The summed E-state index contributed by atoms with van der Waals surface area (Å²) in [6.07, 6.45) is -0.749. The predicted molar refractivity (Wildman–Crippen MR) is 98.2 cm³/mol. The topological polar surface area (TPSA) is 126 Å². The SMILES string of the molecule is CCOP(=O)(O)COc1c(-c2ccc(O)c(O)c2)oc2ccccc2c1=O. The molecule has 0 aliphatic heterocycles. The molecule has 142 valence electrons. The molecule has 0 aliphatic rings. The molecule has 27 heavy (non-hydrogen) atoms. The fourth-order valence-corrected chi connectivity index (χ4v) is 3.27. The van der Waals surface area contributed by atoms with E-state index in [-0.39, 0.29) is 40.4 Å². The van der Waals surface area contributed by atoms with Crippen LogP contribution >= 0.6 is 7.60 Å². The van der Waals surface area contributed by atoms with Crippen LogP contribution in [0, 0.1) is 0 Å². The Morgan fingerprint density at radius 2 is 1.85 bits per heavy atom. The number of phenols is 2. The fourth-order valence-electron chi connectivity index (χ4n) is 2.50. The van der Waals surface area contributed by atoms with Crippen LogP contribution < -0.4 is 10.2 Å². The summed E-state index contributed by atoms with van der Waals surface area (Å²) in [5, 5.41) is 19.5. The van der Waals surface area contributed by atoms with Gasteiger partial charge in [-0.15, -0.1) is 0 Å². The Hall–Kier alpha value is -2.80. The maximum Gasteiger partial charge on any atom is 0.365 e. The second kappa shape index (κ2) is 7.44. The maximum absolute atomic E-state index is 12.8. The molecule has 1 aromatic heterocycles. The summed E-state index contributed by atoms with van der Waals surface area (Å²) in [6, 6.07) is 10.3. The molecule has 1 atom stereocenters. The van der Waals surface area contributed by atoms with Crippen molar-refractivity contribution in [3.63, 3.8) is 0 Å². The van der Waals surface area contributed by atoms with E-state index in [9.17, 15) is 24.5 Å². The first-order chi connectivity index (χ1) is 12.8. The molecule has 3 N–H and O–H groups in total. The Morgan fingerprint density at radius 1 is 1.11 bits per heavy atom. The molecule has 0 saturated carbocycles. The van der Waals surface area contributed by atoms with Gasteiger partial charge in [0.25, 0.3) is 0 Å². The first-order valence-corrected chi connectivity index (χ1v) is 9.76. The van der Waals surface area contributed by atoms with Gasteiger partial charge < -0.3 is 28.8 Å². The zero-order valence-electron chi connectivity index (χ0n) is 14.3. The van der Waals surface area contributed by atoms with Crippen molar-refractivity contribution in [2.45, 2.75) is 6.92 Å². The maximum atomic E-state index is 12.8. The highest BCUT2D eigenvalue weighted by Crippen LogP contribution is 2.43. The lowest BCUT2D eigenvalue weighted by atomic mass is 10.1. The highest BCUT2D eigenvalue weighted by atomic mass is 31.2. The van der Waals surface area contributed by atoms with E-state index in [0.29, 0.717) is 0 Å². The molecule has 3 rings (SSSR count). The third kappa shape index (κ3) is 3.98. The number of fused-ring (bicyclic) bond motifs is 1. The Bertz CT molecular complexity index is 1090. The Morgan fingerprint density at radius 3 is 2.56 bits per heavy atom. The molecule has 0 saturated heterocycles. The van der Waals surface area contributed by atoms with Gasteiger partial charge in [-0.25, -0.2) is 0 Å². The Labute approximate surface area is 153 Å². The molecule has 1 unspecified atom stereocenters. The molecule has 0 radical (unpaired) electrons. The summed E-state index contributed by atoms with van der Waals surface area (Å²) < 4.78 is 27.7. The number of para-hydroxylation sites is 1. The number of rotatable bonds is 6. The van der Waals surface area contributed by atoms with E-state index < -0.39 is 25.1 Å². The van der Waals surface area contributed by atoms with Crippen LogP contribution in [0.25, 0.3) is 22.3 Å². The number of aromatic hydroxyl groups is 2. The molecule has 0 amide bonds. The zero-order valence-corrected chi connectivity index (χ0v) is 15.2. The number of hydrogen-bond donors (Lipinski definition) is 3. The number of ether oxygens (including phenoxy) is 1. The minimum absolute atomic E-state index is 0.00214. The van der Waals surface area contributed by atoms with Gasteiger partial charge in [0.05, 0.1) is 12.0 Å². The molecule has 8 nitrogen and oxygen atoms in total. The van der Waals surface area contributed by atoms with Gasteiger partial charge in [-0.2, -0.15) is 0 Å². The van der Waals surface area contributed by atoms with E-state index in [1.807, 2.05) is 0 Å².